The van der Waals surface area contributed by atoms with Crippen LogP contribution in [0.15, 0.2) is 22.2 Å². The first kappa shape index (κ1) is 17.2. The minimum Gasteiger partial charge on any atom is -0.481 e. The van der Waals surface area contributed by atoms with Crippen LogP contribution in [0.1, 0.15) is 26.8 Å². The van der Waals surface area contributed by atoms with Crippen LogP contribution in [0, 0.1) is 5.92 Å². The zero-order valence-corrected chi connectivity index (χ0v) is 13.0. The van der Waals surface area contributed by atoms with Gasteiger partial charge in [0.2, 0.25) is 5.91 Å². The molecule has 1 heterocycles. The van der Waals surface area contributed by atoms with E-state index in [0.717, 1.165) is 11.8 Å². The van der Waals surface area contributed by atoms with E-state index in [0.29, 0.717) is 12.5 Å². The lowest BCUT2D eigenvalue weighted by atomic mass is 10.2. The Labute approximate surface area is 126 Å². The molecule has 0 aliphatic heterocycles. The second-order valence-corrected chi connectivity index (χ2v) is 5.90. The van der Waals surface area contributed by atoms with Gasteiger partial charge in [-0.3, -0.25) is 14.4 Å². The summed E-state index contributed by atoms with van der Waals surface area (Å²) in [5.41, 5.74) is -0.464. The quantitative estimate of drug-likeness (QED) is 0.569. The minimum absolute atomic E-state index is 0.202. The van der Waals surface area contributed by atoms with Gasteiger partial charge in [-0.05, 0) is 12.8 Å². The first-order valence-electron chi connectivity index (χ1n) is 6.52. The molecule has 0 aliphatic carbocycles. The van der Waals surface area contributed by atoms with E-state index in [9.17, 15) is 14.4 Å². The number of carbonyl (C=O) groups excluding carboxylic acids is 1. The van der Waals surface area contributed by atoms with Gasteiger partial charge < -0.3 is 15.0 Å². The number of aromatic nitrogens is 2. The van der Waals surface area contributed by atoms with Gasteiger partial charge in [0.25, 0.3) is 5.56 Å². The highest BCUT2D eigenvalue weighted by atomic mass is 32.2. The summed E-state index contributed by atoms with van der Waals surface area (Å²) < 4.78 is 1.50. The number of carboxylic acids is 1. The average Bonchev–Trinajstić information content (AvgIpc) is 2.41. The molecule has 116 valence electrons. The van der Waals surface area contributed by atoms with Gasteiger partial charge in [-0.2, -0.15) is 4.98 Å². The van der Waals surface area contributed by atoms with Crippen LogP contribution >= 0.6 is 11.8 Å². The fourth-order valence-electron chi connectivity index (χ4n) is 1.50. The molecule has 0 aliphatic rings. The number of carbonyl (C=O) groups is 2. The van der Waals surface area contributed by atoms with Crippen LogP contribution in [0.3, 0.4) is 0 Å². The second-order valence-electron chi connectivity index (χ2n) is 4.95. The SMILES string of the molecule is CC(C)CNC(=O)C(C)n1ccc(=O)nc1SCC(=O)O. The van der Waals surface area contributed by atoms with E-state index in [1.54, 1.807) is 6.92 Å². The third-order valence-corrected chi connectivity index (χ3v) is 3.56. The molecule has 0 bridgehead atoms. The highest BCUT2D eigenvalue weighted by molar-refractivity contribution is 7.99. The molecule has 0 fully saturated rings. The van der Waals surface area contributed by atoms with Gasteiger partial charge in [-0.25, -0.2) is 0 Å². The third-order valence-electron chi connectivity index (χ3n) is 2.61. The number of hydrogen-bond acceptors (Lipinski definition) is 5. The Bertz CT molecular complexity index is 571. The Kier molecular flexibility index (Phi) is 6.41. The summed E-state index contributed by atoms with van der Waals surface area (Å²) in [7, 11) is 0. The zero-order chi connectivity index (χ0) is 16.0. The predicted molar refractivity (Wildman–Crippen MR) is 79.4 cm³/mol. The largest absolute Gasteiger partial charge is 0.481 e. The smallest absolute Gasteiger partial charge is 0.313 e. The maximum Gasteiger partial charge on any atom is 0.313 e. The normalized spacial score (nSPS) is 12.2. The molecule has 1 atom stereocenters. The molecule has 1 unspecified atom stereocenters. The molecule has 1 aromatic heterocycles. The number of amides is 1. The summed E-state index contributed by atoms with van der Waals surface area (Å²) in [5.74, 6) is -1.11. The van der Waals surface area contributed by atoms with E-state index in [-0.39, 0.29) is 16.8 Å². The van der Waals surface area contributed by atoms with Crippen molar-refractivity contribution in [1.82, 2.24) is 14.9 Å². The van der Waals surface area contributed by atoms with Crippen molar-refractivity contribution >= 4 is 23.6 Å². The fourth-order valence-corrected chi connectivity index (χ4v) is 2.28. The molecular weight excluding hydrogens is 294 g/mol. The lowest BCUT2D eigenvalue weighted by Gasteiger charge is -2.19. The van der Waals surface area contributed by atoms with E-state index < -0.39 is 17.6 Å². The molecule has 1 aromatic rings. The highest BCUT2D eigenvalue weighted by Crippen LogP contribution is 2.18. The van der Waals surface area contributed by atoms with Crippen LogP contribution in [0.25, 0.3) is 0 Å². The van der Waals surface area contributed by atoms with Crippen molar-refractivity contribution < 1.29 is 14.7 Å². The first-order chi connectivity index (χ1) is 9.81. The molecule has 1 rings (SSSR count). The third kappa shape index (κ3) is 5.58. The van der Waals surface area contributed by atoms with E-state index >= 15 is 0 Å². The van der Waals surface area contributed by atoms with Crippen molar-refractivity contribution in [3.8, 4) is 0 Å². The topological polar surface area (TPSA) is 101 Å². The number of aliphatic carboxylic acids is 1. The summed E-state index contributed by atoms with van der Waals surface area (Å²) in [4.78, 5) is 37.8. The van der Waals surface area contributed by atoms with Gasteiger partial charge in [0.05, 0.1) is 5.75 Å². The van der Waals surface area contributed by atoms with Gasteiger partial charge in [-0.1, -0.05) is 25.6 Å². The monoisotopic (exact) mass is 313 g/mol. The van der Waals surface area contributed by atoms with Crippen molar-refractivity contribution in [2.75, 3.05) is 12.3 Å². The molecule has 0 saturated heterocycles. The van der Waals surface area contributed by atoms with Crippen LogP contribution in [-0.4, -0.2) is 38.8 Å². The Morgan fingerprint density at radius 1 is 1.43 bits per heavy atom. The van der Waals surface area contributed by atoms with Crippen molar-refractivity contribution in [1.29, 1.82) is 0 Å². The number of rotatable bonds is 7. The fraction of sp³-hybridized carbons (Fsp3) is 0.538. The van der Waals surface area contributed by atoms with Crippen molar-refractivity contribution in [3.63, 3.8) is 0 Å². The second kappa shape index (κ2) is 7.82. The predicted octanol–water partition coefficient (Wildman–Crippen LogP) is 0.753. The molecule has 8 heteroatoms. The van der Waals surface area contributed by atoms with Gasteiger partial charge in [0, 0.05) is 18.8 Å². The maximum absolute atomic E-state index is 12.1. The van der Waals surface area contributed by atoms with Crippen molar-refractivity contribution in [3.05, 3.63) is 22.6 Å². The summed E-state index contributed by atoms with van der Waals surface area (Å²) in [6.45, 7) is 6.20. The summed E-state index contributed by atoms with van der Waals surface area (Å²) in [6, 6.07) is 0.671. The lowest BCUT2D eigenvalue weighted by Crippen LogP contribution is -2.34. The molecule has 0 saturated carbocycles. The molecule has 1 amide bonds. The molecule has 2 N–H and O–H groups in total. The van der Waals surface area contributed by atoms with E-state index in [1.165, 1.54) is 16.8 Å². The average molecular weight is 313 g/mol. The molecular formula is C13H19N3O4S. The van der Waals surface area contributed by atoms with Crippen molar-refractivity contribution in [2.24, 2.45) is 5.92 Å². The van der Waals surface area contributed by atoms with Gasteiger partial charge >= 0.3 is 5.97 Å². The number of nitrogens with zero attached hydrogens (tertiary/aromatic N) is 2. The van der Waals surface area contributed by atoms with E-state index in [2.05, 4.69) is 10.3 Å². The Morgan fingerprint density at radius 3 is 2.67 bits per heavy atom. The molecule has 0 spiro atoms. The molecule has 21 heavy (non-hydrogen) atoms. The van der Waals surface area contributed by atoms with Crippen LogP contribution in [-0.2, 0) is 9.59 Å². The lowest BCUT2D eigenvalue weighted by molar-refractivity contribution is -0.133. The van der Waals surface area contributed by atoms with E-state index in [4.69, 9.17) is 5.11 Å². The van der Waals surface area contributed by atoms with Crippen LogP contribution in [0.5, 0.6) is 0 Å². The van der Waals surface area contributed by atoms with Gasteiger partial charge in [0.1, 0.15) is 6.04 Å². The molecule has 7 nitrogen and oxygen atoms in total. The van der Waals surface area contributed by atoms with Crippen LogP contribution in [0.4, 0.5) is 0 Å². The summed E-state index contributed by atoms with van der Waals surface area (Å²) in [6.07, 6.45) is 1.46. The zero-order valence-electron chi connectivity index (χ0n) is 12.2. The Morgan fingerprint density at radius 2 is 2.10 bits per heavy atom. The minimum atomic E-state index is -1.01. The molecule has 0 radical (unpaired) electrons. The van der Waals surface area contributed by atoms with Gasteiger partial charge in [0.15, 0.2) is 5.16 Å². The summed E-state index contributed by atoms with van der Waals surface area (Å²) in [5, 5.41) is 11.7. The Balaban J connectivity index is 2.91. The first-order valence-corrected chi connectivity index (χ1v) is 7.51. The highest BCUT2D eigenvalue weighted by Gasteiger charge is 2.18. The van der Waals surface area contributed by atoms with Crippen LogP contribution < -0.4 is 10.9 Å². The van der Waals surface area contributed by atoms with Crippen molar-refractivity contribution in [2.45, 2.75) is 32.0 Å². The number of nitrogens with one attached hydrogen (secondary N) is 1. The maximum atomic E-state index is 12.1. The van der Waals surface area contributed by atoms with Gasteiger partial charge in [-0.15, -0.1) is 0 Å². The molecule has 0 aromatic carbocycles. The number of thioether (sulfide) groups is 1. The van der Waals surface area contributed by atoms with E-state index in [1.807, 2.05) is 13.8 Å². The number of carboxylic acid groups (broad SMARTS) is 1. The Hall–Kier alpha value is -1.83. The van der Waals surface area contributed by atoms with Crippen LogP contribution in [0.2, 0.25) is 0 Å². The number of hydrogen-bond donors (Lipinski definition) is 2. The summed E-state index contributed by atoms with van der Waals surface area (Å²) >= 11 is 0.912. The standard InChI is InChI=1S/C13H19N3O4S/c1-8(2)6-14-12(20)9(3)16-5-4-10(17)15-13(16)21-7-11(18)19/h4-5,8-9H,6-7H2,1-3H3,(H,14,20)(H,18,19).